The quantitative estimate of drug-likeness (QED) is 0.554. The van der Waals surface area contributed by atoms with Crippen LogP contribution in [0.5, 0.6) is 0 Å². The van der Waals surface area contributed by atoms with Gasteiger partial charge < -0.3 is 14.9 Å². The summed E-state index contributed by atoms with van der Waals surface area (Å²) in [5, 5.41) is 9.19. The third-order valence-electron chi connectivity index (χ3n) is 4.22. The molecular formula is C20H28NO4P. The van der Waals surface area contributed by atoms with Gasteiger partial charge >= 0.3 is 7.60 Å². The van der Waals surface area contributed by atoms with Gasteiger partial charge in [0.15, 0.2) is 0 Å². The first-order valence-electron chi connectivity index (χ1n) is 8.93. The van der Waals surface area contributed by atoms with E-state index in [1.165, 1.54) is 11.1 Å². The first-order valence-corrected chi connectivity index (χ1v) is 10.7. The van der Waals surface area contributed by atoms with Crippen LogP contribution in [-0.4, -0.2) is 32.9 Å². The molecule has 0 aliphatic heterocycles. The molecule has 0 saturated carbocycles. The van der Waals surface area contributed by atoms with Gasteiger partial charge in [-0.2, -0.15) is 0 Å². The first kappa shape index (κ1) is 20.8. The van der Waals surface area contributed by atoms with Crippen molar-refractivity contribution in [1.82, 2.24) is 4.90 Å². The Morgan fingerprint density at radius 3 is 2.00 bits per heavy atom. The smallest absolute Gasteiger partial charge is 0.329 e. The van der Waals surface area contributed by atoms with E-state index in [0.29, 0.717) is 18.5 Å². The van der Waals surface area contributed by atoms with Gasteiger partial charge in [-0.15, -0.1) is 0 Å². The molecule has 0 spiro atoms. The molecule has 0 radical (unpaired) electrons. The number of rotatable bonds is 10. The number of hydrogen-bond donors (Lipinski definition) is 3. The summed E-state index contributed by atoms with van der Waals surface area (Å²) in [7, 11) is -4.07. The normalized spacial score (nSPS) is 11.9. The standard InChI is InChI=1S/C20H28NO4P/c1-2-17-6-3-7-18(12-17)14-21(10-5-11-22)15-19-8-4-9-20(13-19)16-26(23,24)25/h3-4,6-9,12-13,22H,2,5,10-11,14-16H2,1H3,(H2,23,24,25). The lowest BCUT2D eigenvalue weighted by Gasteiger charge is -2.23. The van der Waals surface area contributed by atoms with Gasteiger partial charge in [-0.3, -0.25) is 9.46 Å². The van der Waals surface area contributed by atoms with Crippen molar-refractivity contribution in [1.29, 1.82) is 0 Å². The topological polar surface area (TPSA) is 81.0 Å². The minimum absolute atomic E-state index is 0.143. The van der Waals surface area contributed by atoms with Crippen LogP contribution in [0.15, 0.2) is 48.5 Å². The molecule has 0 fully saturated rings. The molecule has 2 aromatic rings. The summed E-state index contributed by atoms with van der Waals surface area (Å²) in [6, 6.07) is 15.9. The lowest BCUT2D eigenvalue weighted by molar-refractivity contribution is 0.212. The van der Waals surface area contributed by atoms with E-state index >= 15 is 0 Å². The van der Waals surface area contributed by atoms with E-state index < -0.39 is 7.60 Å². The summed E-state index contributed by atoms with van der Waals surface area (Å²) in [6.45, 7) is 4.48. The van der Waals surface area contributed by atoms with Gasteiger partial charge in [0.25, 0.3) is 0 Å². The molecule has 0 saturated heterocycles. The Labute approximate surface area is 155 Å². The van der Waals surface area contributed by atoms with E-state index in [1.807, 2.05) is 18.2 Å². The lowest BCUT2D eigenvalue weighted by Crippen LogP contribution is -2.24. The van der Waals surface area contributed by atoms with Gasteiger partial charge in [0.1, 0.15) is 0 Å². The van der Waals surface area contributed by atoms with Gasteiger partial charge in [0, 0.05) is 26.2 Å². The first-order chi connectivity index (χ1) is 12.4. The maximum absolute atomic E-state index is 11.2. The monoisotopic (exact) mass is 377 g/mol. The van der Waals surface area contributed by atoms with Crippen molar-refractivity contribution in [3.8, 4) is 0 Å². The Morgan fingerprint density at radius 2 is 1.46 bits per heavy atom. The third-order valence-corrected chi connectivity index (χ3v) is 5.00. The maximum Gasteiger partial charge on any atom is 0.329 e. The Hall–Kier alpha value is -1.49. The molecule has 5 nitrogen and oxygen atoms in total. The van der Waals surface area contributed by atoms with Crippen LogP contribution in [-0.2, 0) is 30.2 Å². The zero-order valence-electron chi connectivity index (χ0n) is 15.2. The molecule has 26 heavy (non-hydrogen) atoms. The van der Waals surface area contributed by atoms with Crippen molar-refractivity contribution in [3.05, 3.63) is 70.8 Å². The molecule has 0 atom stereocenters. The number of nitrogens with zero attached hydrogens (tertiary/aromatic N) is 1. The van der Waals surface area contributed by atoms with E-state index in [4.69, 9.17) is 0 Å². The number of aliphatic hydroxyl groups excluding tert-OH is 1. The fourth-order valence-corrected chi connectivity index (χ4v) is 3.71. The van der Waals surface area contributed by atoms with Gasteiger partial charge in [-0.25, -0.2) is 0 Å². The van der Waals surface area contributed by atoms with Crippen LogP contribution in [0, 0.1) is 0 Å². The molecule has 3 N–H and O–H groups in total. The Bertz CT molecular complexity index is 744. The van der Waals surface area contributed by atoms with Crippen LogP contribution in [0.2, 0.25) is 0 Å². The van der Waals surface area contributed by atoms with Gasteiger partial charge in [0.2, 0.25) is 0 Å². The lowest BCUT2D eigenvalue weighted by atomic mass is 10.1. The second-order valence-electron chi connectivity index (χ2n) is 6.60. The highest BCUT2D eigenvalue weighted by Crippen LogP contribution is 2.39. The van der Waals surface area contributed by atoms with E-state index in [2.05, 4.69) is 36.1 Å². The highest BCUT2D eigenvalue weighted by atomic mass is 31.2. The van der Waals surface area contributed by atoms with Crippen molar-refractivity contribution in [2.45, 2.75) is 39.0 Å². The summed E-state index contributed by atoms with van der Waals surface area (Å²) >= 11 is 0. The Kier molecular flexibility index (Phi) is 8.01. The fraction of sp³-hybridized carbons (Fsp3) is 0.400. The van der Waals surface area contributed by atoms with Crippen molar-refractivity contribution >= 4 is 7.60 Å². The Morgan fingerprint density at radius 1 is 0.923 bits per heavy atom. The molecular weight excluding hydrogens is 349 g/mol. The third kappa shape index (κ3) is 7.40. The van der Waals surface area contributed by atoms with Gasteiger partial charge in [-0.1, -0.05) is 55.5 Å². The van der Waals surface area contributed by atoms with Crippen LogP contribution in [0.1, 0.15) is 35.6 Å². The molecule has 0 aromatic heterocycles. The minimum Gasteiger partial charge on any atom is -0.396 e. The molecule has 0 aliphatic rings. The van der Waals surface area contributed by atoms with E-state index in [-0.39, 0.29) is 12.8 Å². The second kappa shape index (κ2) is 10.0. The molecule has 6 heteroatoms. The van der Waals surface area contributed by atoms with Crippen LogP contribution in [0.3, 0.4) is 0 Å². The summed E-state index contributed by atoms with van der Waals surface area (Å²) in [5.74, 6) is 0. The van der Waals surface area contributed by atoms with Crippen molar-refractivity contribution in [3.63, 3.8) is 0 Å². The summed E-state index contributed by atoms with van der Waals surface area (Å²) in [5.41, 5.74) is 4.19. The zero-order chi connectivity index (χ0) is 19.0. The number of aliphatic hydroxyl groups is 1. The SMILES string of the molecule is CCc1cccc(CN(CCCO)Cc2cccc(CP(=O)(O)O)c2)c1. The molecule has 0 heterocycles. The molecule has 0 amide bonds. The van der Waals surface area contributed by atoms with E-state index in [9.17, 15) is 19.5 Å². The molecule has 0 aliphatic carbocycles. The average molecular weight is 377 g/mol. The maximum atomic E-state index is 11.2. The van der Waals surface area contributed by atoms with Crippen LogP contribution < -0.4 is 0 Å². The molecule has 2 aromatic carbocycles. The molecule has 142 valence electrons. The summed E-state index contributed by atoms with van der Waals surface area (Å²) in [6.07, 6.45) is 1.45. The van der Waals surface area contributed by atoms with Crippen molar-refractivity contribution < 1.29 is 19.5 Å². The van der Waals surface area contributed by atoms with E-state index in [0.717, 1.165) is 25.1 Å². The number of benzene rings is 2. The summed E-state index contributed by atoms with van der Waals surface area (Å²) < 4.78 is 11.2. The zero-order valence-corrected chi connectivity index (χ0v) is 16.1. The van der Waals surface area contributed by atoms with Crippen LogP contribution in [0.25, 0.3) is 0 Å². The van der Waals surface area contributed by atoms with Crippen molar-refractivity contribution in [2.75, 3.05) is 13.2 Å². The van der Waals surface area contributed by atoms with E-state index in [1.54, 1.807) is 6.07 Å². The average Bonchev–Trinajstić information content (AvgIpc) is 2.58. The molecule has 0 unspecified atom stereocenters. The second-order valence-corrected chi connectivity index (χ2v) is 8.25. The highest BCUT2D eigenvalue weighted by Gasteiger charge is 2.14. The number of aryl methyl sites for hydroxylation is 1. The Balaban J connectivity index is 2.11. The van der Waals surface area contributed by atoms with Crippen molar-refractivity contribution in [2.24, 2.45) is 0 Å². The van der Waals surface area contributed by atoms with Crippen LogP contribution in [0.4, 0.5) is 0 Å². The predicted octanol–water partition coefficient (Wildman–Crippen LogP) is 3.31. The molecule has 2 rings (SSSR count). The fourth-order valence-electron chi connectivity index (χ4n) is 3.04. The van der Waals surface area contributed by atoms with Gasteiger partial charge in [-0.05, 0) is 35.1 Å². The van der Waals surface area contributed by atoms with Gasteiger partial charge in [0.05, 0.1) is 6.16 Å². The summed E-state index contributed by atoms with van der Waals surface area (Å²) in [4.78, 5) is 20.6. The molecule has 0 bridgehead atoms. The highest BCUT2D eigenvalue weighted by molar-refractivity contribution is 7.50. The number of hydrogen-bond acceptors (Lipinski definition) is 3. The van der Waals surface area contributed by atoms with Crippen LogP contribution >= 0.6 is 7.60 Å². The minimum atomic E-state index is -4.07. The largest absolute Gasteiger partial charge is 0.396 e. The predicted molar refractivity (Wildman–Crippen MR) is 104 cm³/mol.